The van der Waals surface area contributed by atoms with Crippen molar-refractivity contribution in [2.75, 3.05) is 6.54 Å². The monoisotopic (exact) mass is 447 g/mol. The number of hydrogen-bond donors (Lipinski definition) is 0. The Kier molecular flexibility index (Phi) is 6.49. The molecule has 0 radical (unpaired) electrons. The molecule has 0 aliphatic carbocycles. The van der Waals surface area contributed by atoms with Crippen LogP contribution >= 0.6 is 0 Å². The van der Waals surface area contributed by atoms with E-state index in [1.807, 2.05) is 24.3 Å². The summed E-state index contributed by atoms with van der Waals surface area (Å²) in [5, 5.41) is 8.56. The summed E-state index contributed by atoms with van der Waals surface area (Å²) in [5.41, 5.74) is 3.04. The van der Waals surface area contributed by atoms with E-state index in [1.165, 1.54) is 19.1 Å². The molecule has 170 valence electrons. The molecule has 0 N–H and O–H groups in total. The van der Waals surface area contributed by atoms with E-state index in [2.05, 4.69) is 24.0 Å². The number of aromatic nitrogens is 2. The highest BCUT2D eigenvalue weighted by atomic mass is 19.1. The van der Waals surface area contributed by atoms with Gasteiger partial charge in [-0.3, -0.25) is 9.59 Å². The molecule has 1 aliphatic heterocycles. The van der Waals surface area contributed by atoms with E-state index < -0.39 is 5.82 Å². The minimum atomic E-state index is -0.615. The van der Waals surface area contributed by atoms with Crippen molar-refractivity contribution in [1.29, 1.82) is 0 Å². The Morgan fingerprint density at radius 3 is 2.45 bits per heavy atom. The van der Waals surface area contributed by atoms with Crippen LogP contribution in [-0.2, 0) is 11.3 Å². The topological polar surface area (TPSA) is 72.4 Å². The largest absolute Gasteiger partial charge is 0.457 e. The molecule has 1 aliphatic rings. The summed E-state index contributed by atoms with van der Waals surface area (Å²) in [5.74, 6) is 0.222. The van der Waals surface area contributed by atoms with Gasteiger partial charge in [0.15, 0.2) is 5.78 Å². The number of likely N-dealkylation sites (tertiary alicyclic amines) is 1. The van der Waals surface area contributed by atoms with Gasteiger partial charge in [-0.2, -0.15) is 10.2 Å². The highest BCUT2D eigenvalue weighted by Gasteiger charge is 2.23. The molecule has 2 aromatic carbocycles. The van der Waals surface area contributed by atoms with Crippen LogP contribution in [-0.4, -0.2) is 33.3 Å². The van der Waals surface area contributed by atoms with Crippen LogP contribution in [0.1, 0.15) is 61.1 Å². The molecule has 2 heterocycles. The Hall–Kier alpha value is -3.61. The van der Waals surface area contributed by atoms with E-state index in [-0.39, 0.29) is 23.8 Å². The maximum Gasteiger partial charge on any atom is 0.222 e. The zero-order valence-corrected chi connectivity index (χ0v) is 19.0. The first kappa shape index (κ1) is 22.6. The number of rotatable bonds is 7. The minimum absolute atomic E-state index is 0.0333. The molecule has 3 aromatic rings. The first-order valence-electron chi connectivity index (χ1n) is 11.0. The number of Topliss-reactive ketones (excluding diaryl/α,β-unsaturated/α-hetero) is 1. The van der Waals surface area contributed by atoms with Crippen molar-refractivity contribution in [1.82, 2.24) is 15.1 Å². The number of hydrogen-bond acceptors (Lipinski definition) is 5. The van der Waals surface area contributed by atoms with Crippen molar-refractivity contribution in [3.8, 4) is 22.8 Å². The predicted molar refractivity (Wildman–Crippen MR) is 123 cm³/mol. The first-order valence-corrected chi connectivity index (χ1v) is 11.0. The summed E-state index contributed by atoms with van der Waals surface area (Å²) >= 11 is 0. The third kappa shape index (κ3) is 5.08. The van der Waals surface area contributed by atoms with Gasteiger partial charge in [0, 0.05) is 30.6 Å². The summed E-state index contributed by atoms with van der Waals surface area (Å²) in [7, 11) is 0. The quantitative estimate of drug-likeness (QED) is 0.446. The van der Waals surface area contributed by atoms with Crippen molar-refractivity contribution in [2.24, 2.45) is 0 Å². The highest BCUT2D eigenvalue weighted by Crippen LogP contribution is 2.31. The standard InChI is InChI=1S/C26H26FN3O3/c1-16(2)23-10-11-24(29-28-23)18-6-8-20(9-7-18)33-25-14-21(17(3)31)22(27)13-19(25)15-30-12-4-5-26(30)32/h6-11,13-14,16H,4-5,12,15H2,1-3H3. The predicted octanol–water partition coefficient (Wildman–Crippen LogP) is 5.52. The molecular formula is C26H26FN3O3. The molecule has 1 aromatic heterocycles. The Balaban J connectivity index is 1.59. The second kappa shape index (κ2) is 9.48. The van der Waals surface area contributed by atoms with E-state index in [4.69, 9.17) is 4.74 Å². The van der Waals surface area contributed by atoms with Gasteiger partial charge in [-0.05, 0) is 67.8 Å². The molecule has 1 amide bonds. The van der Waals surface area contributed by atoms with Gasteiger partial charge in [-0.15, -0.1) is 0 Å². The fourth-order valence-electron chi connectivity index (χ4n) is 3.78. The first-order chi connectivity index (χ1) is 15.8. The minimum Gasteiger partial charge on any atom is -0.457 e. The normalized spacial score (nSPS) is 13.6. The van der Waals surface area contributed by atoms with Crippen LogP contribution in [0.25, 0.3) is 11.3 Å². The van der Waals surface area contributed by atoms with Crippen LogP contribution in [0.4, 0.5) is 4.39 Å². The zero-order chi connectivity index (χ0) is 23.5. The van der Waals surface area contributed by atoms with E-state index in [1.54, 1.807) is 17.0 Å². The maximum absolute atomic E-state index is 14.5. The third-order valence-electron chi connectivity index (χ3n) is 5.72. The van der Waals surface area contributed by atoms with E-state index in [9.17, 15) is 14.0 Å². The van der Waals surface area contributed by atoms with Crippen LogP contribution in [0.15, 0.2) is 48.5 Å². The molecule has 4 rings (SSSR count). The SMILES string of the molecule is CC(=O)c1cc(Oc2ccc(-c3ccc(C(C)C)nn3)cc2)c(CN2CCCC2=O)cc1F. The van der Waals surface area contributed by atoms with Crippen molar-refractivity contribution >= 4 is 11.7 Å². The molecule has 0 spiro atoms. The van der Waals surface area contributed by atoms with E-state index >= 15 is 0 Å². The summed E-state index contributed by atoms with van der Waals surface area (Å²) in [4.78, 5) is 25.6. The molecule has 0 atom stereocenters. The molecule has 33 heavy (non-hydrogen) atoms. The van der Waals surface area contributed by atoms with Crippen molar-refractivity contribution in [3.05, 3.63) is 71.2 Å². The number of nitrogens with zero attached hydrogens (tertiary/aromatic N) is 3. The lowest BCUT2D eigenvalue weighted by Crippen LogP contribution is -2.24. The molecule has 1 fully saturated rings. The molecule has 7 heteroatoms. The number of carbonyl (C=O) groups excluding carboxylic acids is 2. The molecule has 6 nitrogen and oxygen atoms in total. The number of halogens is 1. The summed E-state index contributed by atoms with van der Waals surface area (Å²) in [6.45, 7) is 6.30. The van der Waals surface area contributed by atoms with Crippen LogP contribution in [0.3, 0.4) is 0 Å². The van der Waals surface area contributed by atoms with E-state index in [0.717, 1.165) is 23.4 Å². The van der Waals surface area contributed by atoms with Gasteiger partial charge in [-0.1, -0.05) is 13.8 Å². The fraction of sp³-hybridized carbons (Fsp3) is 0.308. The molecule has 1 saturated heterocycles. The Bertz CT molecular complexity index is 1170. The van der Waals surface area contributed by atoms with Crippen LogP contribution in [0.5, 0.6) is 11.5 Å². The summed E-state index contributed by atoms with van der Waals surface area (Å²) in [6.07, 6.45) is 1.28. The van der Waals surface area contributed by atoms with Gasteiger partial charge < -0.3 is 9.64 Å². The number of amides is 1. The second-order valence-corrected chi connectivity index (χ2v) is 8.54. The number of carbonyl (C=O) groups is 2. The smallest absolute Gasteiger partial charge is 0.222 e. The molecular weight excluding hydrogens is 421 g/mol. The lowest BCUT2D eigenvalue weighted by atomic mass is 10.1. The van der Waals surface area contributed by atoms with Gasteiger partial charge in [0.25, 0.3) is 0 Å². The van der Waals surface area contributed by atoms with E-state index in [0.29, 0.717) is 35.9 Å². The zero-order valence-electron chi connectivity index (χ0n) is 19.0. The molecule has 0 bridgehead atoms. The summed E-state index contributed by atoms with van der Waals surface area (Å²) in [6, 6.07) is 13.9. The van der Waals surface area contributed by atoms with Gasteiger partial charge >= 0.3 is 0 Å². The van der Waals surface area contributed by atoms with Crippen molar-refractivity contribution in [2.45, 2.75) is 46.1 Å². The second-order valence-electron chi connectivity index (χ2n) is 8.54. The van der Waals surface area contributed by atoms with Crippen molar-refractivity contribution in [3.63, 3.8) is 0 Å². The number of ketones is 1. The van der Waals surface area contributed by atoms with Gasteiger partial charge in [0.2, 0.25) is 5.91 Å². The van der Waals surface area contributed by atoms with Crippen LogP contribution in [0, 0.1) is 5.82 Å². The molecule has 0 saturated carbocycles. The van der Waals surface area contributed by atoms with Gasteiger partial charge in [0.1, 0.15) is 17.3 Å². The van der Waals surface area contributed by atoms with Crippen LogP contribution in [0.2, 0.25) is 0 Å². The lowest BCUT2D eigenvalue weighted by molar-refractivity contribution is -0.128. The maximum atomic E-state index is 14.5. The highest BCUT2D eigenvalue weighted by molar-refractivity contribution is 5.95. The fourth-order valence-corrected chi connectivity index (χ4v) is 3.78. The van der Waals surface area contributed by atoms with Crippen LogP contribution < -0.4 is 4.74 Å². The summed E-state index contributed by atoms with van der Waals surface area (Å²) < 4.78 is 20.6. The number of ether oxygens (including phenoxy) is 1. The lowest BCUT2D eigenvalue weighted by Gasteiger charge is -2.19. The average Bonchev–Trinajstić information content (AvgIpc) is 3.20. The third-order valence-corrected chi connectivity index (χ3v) is 5.72. The van der Waals surface area contributed by atoms with Gasteiger partial charge in [-0.25, -0.2) is 4.39 Å². The Morgan fingerprint density at radius 2 is 1.88 bits per heavy atom. The van der Waals surface area contributed by atoms with Crippen molar-refractivity contribution < 1.29 is 18.7 Å². The van der Waals surface area contributed by atoms with Gasteiger partial charge in [0.05, 0.1) is 17.0 Å². The Labute approximate surface area is 192 Å². The number of benzene rings is 2. The Morgan fingerprint density at radius 1 is 1.12 bits per heavy atom. The molecule has 0 unspecified atom stereocenters. The average molecular weight is 448 g/mol.